The second-order valence-electron chi connectivity index (χ2n) is 2.72. The molecular weight excluding hydrogens is 212 g/mol. The van der Waals surface area contributed by atoms with E-state index in [-0.39, 0.29) is 0 Å². The molecule has 0 aliphatic rings. The third-order valence-electron chi connectivity index (χ3n) is 1.70. The lowest BCUT2D eigenvalue weighted by atomic mass is 10.2. The van der Waals surface area contributed by atoms with Gasteiger partial charge in [0.15, 0.2) is 0 Å². The summed E-state index contributed by atoms with van der Waals surface area (Å²) in [4.78, 5) is 12.1. The molecule has 0 radical (unpaired) electrons. The number of hydrogen-bond acceptors (Lipinski definition) is 4. The van der Waals surface area contributed by atoms with Gasteiger partial charge in [0.1, 0.15) is 0 Å². The van der Waals surface area contributed by atoms with Gasteiger partial charge in [0.2, 0.25) is 0 Å². The molecule has 0 saturated carbocycles. The number of nitrogens with zero attached hydrogens (tertiary/aromatic N) is 1. The summed E-state index contributed by atoms with van der Waals surface area (Å²) >= 11 is 1.60. The Morgan fingerprint density at radius 3 is 2.93 bits per heavy atom. The number of carbonyl (C=O) groups excluding carboxylic acids is 1. The Kier molecular flexibility index (Phi) is 4.83. The summed E-state index contributed by atoms with van der Waals surface area (Å²) < 4.78 is 4.70. The van der Waals surface area contributed by atoms with Crippen molar-refractivity contribution in [1.29, 1.82) is 0 Å². The average Bonchev–Trinajstić information content (AvgIpc) is 2.72. The van der Waals surface area contributed by atoms with Gasteiger partial charge in [-0.1, -0.05) is 13.0 Å². The molecular formula is C10H14N2O2S. The Balaban J connectivity index is 2.59. The van der Waals surface area contributed by atoms with Crippen molar-refractivity contribution >= 4 is 23.1 Å². The van der Waals surface area contributed by atoms with E-state index in [4.69, 9.17) is 4.74 Å². The van der Waals surface area contributed by atoms with Crippen LogP contribution < -0.4 is 5.43 Å². The first kappa shape index (κ1) is 11.7. The fourth-order valence-electron chi connectivity index (χ4n) is 1.03. The van der Waals surface area contributed by atoms with Gasteiger partial charge in [-0.05, 0) is 24.8 Å². The van der Waals surface area contributed by atoms with Crippen LogP contribution in [0, 0.1) is 0 Å². The molecule has 1 N–H and O–H groups in total. The maximum Gasteiger partial charge on any atom is 0.427 e. The molecule has 15 heavy (non-hydrogen) atoms. The third kappa shape index (κ3) is 3.71. The van der Waals surface area contributed by atoms with Gasteiger partial charge in [-0.3, -0.25) is 0 Å². The summed E-state index contributed by atoms with van der Waals surface area (Å²) in [5, 5.41) is 5.98. The normalized spacial score (nSPS) is 11.2. The van der Waals surface area contributed by atoms with Crippen molar-refractivity contribution in [2.75, 3.05) is 6.61 Å². The molecule has 1 aromatic rings. The van der Waals surface area contributed by atoms with Crippen LogP contribution in [0.1, 0.15) is 25.1 Å². The zero-order valence-electron chi connectivity index (χ0n) is 8.82. The summed E-state index contributed by atoms with van der Waals surface area (Å²) in [7, 11) is 0. The molecule has 0 spiro atoms. The van der Waals surface area contributed by atoms with Crippen LogP contribution in [0.15, 0.2) is 22.6 Å². The Labute approximate surface area is 93.0 Å². The van der Waals surface area contributed by atoms with E-state index in [0.29, 0.717) is 6.61 Å². The zero-order chi connectivity index (χ0) is 11.1. The van der Waals surface area contributed by atoms with E-state index in [1.54, 1.807) is 18.3 Å². The second-order valence-corrected chi connectivity index (χ2v) is 3.67. The van der Waals surface area contributed by atoms with Gasteiger partial charge in [-0.25, -0.2) is 10.2 Å². The van der Waals surface area contributed by atoms with Gasteiger partial charge in [-0.2, -0.15) is 5.10 Å². The topological polar surface area (TPSA) is 50.7 Å². The van der Waals surface area contributed by atoms with E-state index >= 15 is 0 Å². The summed E-state index contributed by atoms with van der Waals surface area (Å²) in [6.45, 7) is 4.09. The highest BCUT2D eigenvalue weighted by Crippen LogP contribution is 2.11. The molecule has 1 aromatic heterocycles. The number of thiophene rings is 1. The van der Waals surface area contributed by atoms with Crippen molar-refractivity contribution in [3.8, 4) is 0 Å². The van der Waals surface area contributed by atoms with Crippen molar-refractivity contribution in [3.05, 3.63) is 22.4 Å². The number of nitrogens with one attached hydrogen (secondary N) is 1. The maximum atomic E-state index is 11.0. The number of rotatable bonds is 4. The van der Waals surface area contributed by atoms with E-state index in [1.165, 1.54) is 0 Å². The third-order valence-corrected chi connectivity index (χ3v) is 2.62. The van der Waals surface area contributed by atoms with Crippen molar-refractivity contribution < 1.29 is 9.53 Å². The first-order valence-corrected chi connectivity index (χ1v) is 5.69. The molecule has 0 fully saturated rings. The number of amides is 1. The second kappa shape index (κ2) is 6.19. The van der Waals surface area contributed by atoms with Crippen molar-refractivity contribution in [1.82, 2.24) is 5.43 Å². The molecule has 5 heteroatoms. The first-order valence-electron chi connectivity index (χ1n) is 4.81. The Hall–Kier alpha value is -1.36. The van der Waals surface area contributed by atoms with Crippen molar-refractivity contribution in [2.24, 2.45) is 5.10 Å². The fourth-order valence-corrected chi connectivity index (χ4v) is 1.81. The van der Waals surface area contributed by atoms with Crippen LogP contribution in [0.25, 0.3) is 0 Å². The van der Waals surface area contributed by atoms with Crippen LogP contribution in [0.2, 0.25) is 0 Å². The number of hydrogen-bond donors (Lipinski definition) is 1. The number of hydrazone groups is 1. The summed E-state index contributed by atoms with van der Waals surface area (Å²) in [5.74, 6) is 0. The highest BCUT2D eigenvalue weighted by molar-refractivity contribution is 7.12. The molecule has 0 aliphatic heterocycles. The molecule has 82 valence electrons. The quantitative estimate of drug-likeness (QED) is 0.633. The largest absolute Gasteiger partial charge is 0.449 e. The first-order chi connectivity index (χ1) is 7.27. The molecule has 0 aromatic carbocycles. The van der Waals surface area contributed by atoms with E-state index in [0.717, 1.165) is 17.0 Å². The van der Waals surface area contributed by atoms with Gasteiger partial charge in [0.05, 0.1) is 17.2 Å². The van der Waals surface area contributed by atoms with E-state index in [2.05, 4.69) is 10.5 Å². The van der Waals surface area contributed by atoms with Crippen LogP contribution >= 0.6 is 11.3 Å². The summed E-state index contributed by atoms with van der Waals surface area (Å²) in [6.07, 6.45) is 0.257. The van der Waals surface area contributed by atoms with Crippen molar-refractivity contribution in [2.45, 2.75) is 20.3 Å². The van der Waals surface area contributed by atoms with Gasteiger partial charge in [0.25, 0.3) is 0 Å². The average molecular weight is 226 g/mol. The van der Waals surface area contributed by atoms with E-state index in [1.807, 2.05) is 24.4 Å². The Morgan fingerprint density at radius 2 is 2.40 bits per heavy atom. The van der Waals surface area contributed by atoms with Crippen LogP contribution in [0.5, 0.6) is 0 Å². The predicted octanol–water partition coefficient (Wildman–Crippen LogP) is 2.61. The molecule has 0 saturated heterocycles. The van der Waals surface area contributed by atoms with E-state index in [9.17, 15) is 4.79 Å². The van der Waals surface area contributed by atoms with Gasteiger partial charge >= 0.3 is 6.09 Å². The van der Waals surface area contributed by atoms with Gasteiger partial charge in [0, 0.05) is 0 Å². The van der Waals surface area contributed by atoms with Crippen LogP contribution in [-0.2, 0) is 4.74 Å². The highest BCUT2D eigenvalue weighted by Gasteiger charge is 2.03. The molecule has 0 aliphatic carbocycles. The smallest absolute Gasteiger partial charge is 0.427 e. The standard InChI is InChI=1S/C10H14N2O2S/c1-3-8(9-6-5-7-15-9)11-12-10(13)14-4-2/h5-7H,3-4H2,1-2H3,(H,12,13). The SMILES string of the molecule is CCOC(=O)NN=C(CC)c1cccs1. The lowest BCUT2D eigenvalue weighted by Gasteiger charge is -2.02. The molecule has 1 heterocycles. The maximum absolute atomic E-state index is 11.0. The Bertz CT molecular complexity index is 333. The summed E-state index contributed by atoms with van der Waals surface area (Å²) in [5.41, 5.74) is 3.22. The van der Waals surface area contributed by atoms with Gasteiger partial charge < -0.3 is 4.74 Å². The fraction of sp³-hybridized carbons (Fsp3) is 0.400. The number of ether oxygens (including phenoxy) is 1. The molecule has 4 nitrogen and oxygen atoms in total. The molecule has 0 unspecified atom stereocenters. The minimum absolute atomic E-state index is 0.349. The molecule has 1 amide bonds. The van der Waals surface area contributed by atoms with Gasteiger partial charge in [-0.15, -0.1) is 11.3 Å². The lowest BCUT2D eigenvalue weighted by molar-refractivity contribution is 0.152. The molecule has 0 atom stereocenters. The zero-order valence-corrected chi connectivity index (χ0v) is 9.63. The molecule has 1 rings (SSSR count). The van der Waals surface area contributed by atoms with Crippen LogP contribution in [0.3, 0.4) is 0 Å². The van der Waals surface area contributed by atoms with Crippen LogP contribution in [0.4, 0.5) is 4.79 Å². The minimum Gasteiger partial charge on any atom is -0.449 e. The lowest BCUT2D eigenvalue weighted by Crippen LogP contribution is -2.20. The number of carbonyl (C=O) groups is 1. The van der Waals surface area contributed by atoms with Crippen LogP contribution in [-0.4, -0.2) is 18.4 Å². The predicted molar refractivity (Wildman–Crippen MR) is 61.3 cm³/mol. The van der Waals surface area contributed by atoms with E-state index < -0.39 is 6.09 Å². The Morgan fingerprint density at radius 1 is 1.60 bits per heavy atom. The summed E-state index contributed by atoms with van der Waals surface area (Å²) in [6, 6.07) is 3.93. The highest BCUT2D eigenvalue weighted by atomic mass is 32.1. The minimum atomic E-state index is -0.514. The monoisotopic (exact) mass is 226 g/mol. The van der Waals surface area contributed by atoms with Crippen molar-refractivity contribution in [3.63, 3.8) is 0 Å². The molecule has 0 bridgehead atoms.